The van der Waals surface area contributed by atoms with Crippen LogP contribution < -0.4 is 10.8 Å². The van der Waals surface area contributed by atoms with E-state index in [1.165, 1.54) is 5.56 Å². The lowest BCUT2D eigenvalue weighted by Gasteiger charge is -2.38. The fourth-order valence-corrected chi connectivity index (χ4v) is 5.32. The van der Waals surface area contributed by atoms with Crippen molar-refractivity contribution in [3.63, 3.8) is 0 Å². The highest BCUT2D eigenvalue weighted by molar-refractivity contribution is 5.91. The number of benzene rings is 3. The Morgan fingerprint density at radius 2 is 1.52 bits per heavy atom. The molecule has 160 valence electrons. The van der Waals surface area contributed by atoms with E-state index in [2.05, 4.69) is 7.05 Å². The molecule has 1 aliphatic rings. The zero-order valence-electron chi connectivity index (χ0n) is 18.0. The first kappa shape index (κ1) is 21.1. The highest BCUT2D eigenvalue weighted by Crippen LogP contribution is 2.45. The van der Waals surface area contributed by atoms with Crippen LogP contribution in [-0.4, -0.2) is 37.1 Å². The second kappa shape index (κ2) is 8.56. The number of likely N-dealkylation sites (N-methyl/N-ethyl adjacent to an activating group) is 1. The first-order valence-corrected chi connectivity index (χ1v) is 10.9. The normalized spacial score (nSPS) is 21.1. The Morgan fingerprint density at radius 1 is 0.968 bits per heavy atom. The monoisotopic (exact) mass is 414 g/mol. The lowest BCUT2D eigenvalue weighted by atomic mass is 9.64. The van der Waals surface area contributed by atoms with Gasteiger partial charge in [0, 0.05) is 18.8 Å². The van der Waals surface area contributed by atoms with Crippen molar-refractivity contribution in [1.29, 1.82) is 0 Å². The standard InChI is InChI=1S/C27H30N2O2/c1-29(18-16-21-12-14-25(30)15-13-21)19-17-24(20-29)27(26(28)31,22-8-4-2-5-9-22)23-10-6-3-7-11-23/h2-15,24H,16-20H2,1H3,(H2-,28,30,31). The summed E-state index contributed by atoms with van der Waals surface area (Å²) in [6.07, 6.45) is 1.84. The Bertz CT molecular complexity index is 979. The quantitative estimate of drug-likeness (QED) is 0.603. The molecule has 0 radical (unpaired) electrons. The number of rotatable bonds is 7. The Balaban J connectivity index is 1.65. The third-order valence-electron chi connectivity index (χ3n) is 7.00. The first-order chi connectivity index (χ1) is 14.9. The van der Waals surface area contributed by atoms with Gasteiger partial charge in [-0.3, -0.25) is 4.79 Å². The van der Waals surface area contributed by atoms with Crippen LogP contribution in [0, 0.1) is 5.92 Å². The Hall–Kier alpha value is -3.11. The van der Waals surface area contributed by atoms with Crippen molar-refractivity contribution in [3.05, 3.63) is 102 Å². The zero-order chi connectivity index (χ0) is 21.9. The molecule has 31 heavy (non-hydrogen) atoms. The number of likely N-dealkylation sites (tertiary alicyclic amines) is 1. The van der Waals surface area contributed by atoms with Crippen molar-refractivity contribution in [3.8, 4) is 5.75 Å². The Kier molecular flexibility index (Phi) is 5.84. The molecular weight excluding hydrogens is 384 g/mol. The summed E-state index contributed by atoms with van der Waals surface area (Å²) in [5, 5.41) is 11.4. The molecule has 2 N–H and O–H groups in total. The lowest BCUT2D eigenvalue weighted by Crippen LogP contribution is -2.51. The van der Waals surface area contributed by atoms with E-state index in [0.717, 1.165) is 48.1 Å². The summed E-state index contributed by atoms with van der Waals surface area (Å²) < 4.78 is 0.887. The van der Waals surface area contributed by atoms with Gasteiger partial charge in [0.05, 0.1) is 26.7 Å². The van der Waals surface area contributed by atoms with E-state index >= 15 is 0 Å². The van der Waals surface area contributed by atoms with Gasteiger partial charge in [0.1, 0.15) is 5.41 Å². The first-order valence-electron chi connectivity index (χ1n) is 10.9. The molecular formula is C27H30N2O2. The third kappa shape index (κ3) is 4.08. The van der Waals surface area contributed by atoms with Crippen LogP contribution in [0.1, 0.15) is 23.1 Å². The van der Waals surface area contributed by atoms with E-state index in [9.17, 15) is 9.90 Å². The van der Waals surface area contributed by atoms with Gasteiger partial charge in [-0.05, 0) is 16.7 Å². The molecule has 1 saturated heterocycles. The summed E-state index contributed by atoms with van der Waals surface area (Å²) in [7, 11) is 2.27. The van der Waals surface area contributed by atoms with Crippen LogP contribution in [0.3, 0.4) is 0 Å². The molecule has 4 heteroatoms. The van der Waals surface area contributed by atoms with Crippen LogP contribution in [0.15, 0.2) is 84.9 Å². The highest BCUT2D eigenvalue weighted by atomic mass is 16.3. The molecule has 3 aromatic rings. The molecule has 1 heterocycles. The summed E-state index contributed by atoms with van der Waals surface area (Å²) in [6.45, 7) is 2.85. The van der Waals surface area contributed by atoms with Gasteiger partial charge in [0.25, 0.3) is 0 Å². The molecule has 2 atom stereocenters. The number of nitrogens with zero attached hydrogens (tertiary/aromatic N) is 1. The van der Waals surface area contributed by atoms with Gasteiger partial charge in [-0.25, -0.2) is 0 Å². The van der Waals surface area contributed by atoms with Crippen LogP contribution in [0.5, 0.6) is 5.75 Å². The van der Waals surface area contributed by atoms with Gasteiger partial charge in [-0.2, -0.15) is 0 Å². The largest absolute Gasteiger partial charge is 0.872 e. The predicted molar refractivity (Wildman–Crippen MR) is 121 cm³/mol. The molecule has 0 aliphatic carbocycles. The van der Waals surface area contributed by atoms with Crippen LogP contribution >= 0.6 is 0 Å². The minimum absolute atomic E-state index is 0.0438. The van der Waals surface area contributed by atoms with Gasteiger partial charge < -0.3 is 15.3 Å². The van der Waals surface area contributed by atoms with E-state index in [0.29, 0.717) is 0 Å². The van der Waals surface area contributed by atoms with Gasteiger partial charge in [-0.15, -0.1) is 5.75 Å². The predicted octanol–water partition coefficient (Wildman–Crippen LogP) is 3.24. The number of carbonyl (C=O) groups excluding carboxylic acids is 1. The number of hydrogen-bond donors (Lipinski definition) is 1. The number of nitrogens with two attached hydrogens (primary N) is 1. The molecule has 0 bridgehead atoms. The second-order valence-corrected chi connectivity index (χ2v) is 9.03. The summed E-state index contributed by atoms with van der Waals surface area (Å²) >= 11 is 0. The van der Waals surface area contributed by atoms with E-state index in [4.69, 9.17) is 5.73 Å². The van der Waals surface area contributed by atoms with Crippen LogP contribution in [-0.2, 0) is 16.6 Å². The third-order valence-corrected chi connectivity index (χ3v) is 7.00. The molecule has 1 fully saturated rings. The van der Waals surface area contributed by atoms with Crippen LogP contribution in [0.4, 0.5) is 0 Å². The van der Waals surface area contributed by atoms with Gasteiger partial charge in [0.2, 0.25) is 5.91 Å². The molecule has 0 spiro atoms. The second-order valence-electron chi connectivity index (χ2n) is 9.03. The minimum Gasteiger partial charge on any atom is -0.872 e. The summed E-state index contributed by atoms with van der Waals surface area (Å²) in [5.74, 6) is -0.124. The molecule has 3 aromatic carbocycles. The summed E-state index contributed by atoms with van der Waals surface area (Å²) in [4.78, 5) is 13.2. The van der Waals surface area contributed by atoms with Crippen molar-refractivity contribution >= 4 is 5.91 Å². The smallest absolute Gasteiger partial charge is 0.233 e. The zero-order valence-corrected chi connectivity index (χ0v) is 18.0. The minimum atomic E-state index is -0.845. The van der Waals surface area contributed by atoms with E-state index in [-0.39, 0.29) is 17.6 Å². The van der Waals surface area contributed by atoms with Crippen molar-refractivity contribution in [2.24, 2.45) is 11.7 Å². The van der Waals surface area contributed by atoms with E-state index in [1.807, 2.05) is 72.8 Å². The molecule has 0 aromatic heterocycles. The SMILES string of the molecule is C[N+]1(CCc2ccc([O-])cc2)CCC(C(C(N)=O)(c2ccccc2)c2ccccc2)C1. The van der Waals surface area contributed by atoms with Crippen LogP contribution in [0.2, 0.25) is 0 Å². The van der Waals surface area contributed by atoms with Crippen molar-refractivity contribution in [2.45, 2.75) is 18.3 Å². The molecule has 4 rings (SSSR count). The number of carbonyl (C=O) groups is 1. The number of amides is 1. The van der Waals surface area contributed by atoms with Crippen molar-refractivity contribution in [2.75, 3.05) is 26.7 Å². The van der Waals surface area contributed by atoms with Gasteiger partial charge in [-0.1, -0.05) is 84.9 Å². The maximum absolute atomic E-state index is 13.2. The maximum atomic E-state index is 13.2. The van der Waals surface area contributed by atoms with Crippen molar-refractivity contribution < 1.29 is 14.4 Å². The fourth-order valence-electron chi connectivity index (χ4n) is 5.32. The topological polar surface area (TPSA) is 66.2 Å². The number of hydrogen-bond acceptors (Lipinski definition) is 2. The highest BCUT2D eigenvalue weighted by Gasteiger charge is 2.53. The van der Waals surface area contributed by atoms with Gasteiger partial charge >= 0.3 is 0 Å². The molecule has 4 nitrogen and oxygen atoms in total. The van der Waals surface area contributed by atoms with Crippen molar-refractivity contribution in [1.82, 2.24) is 0 Å². The van der Waals surface area contributed by atoms with Gasteiger partial charge in [0.15, 0.2) is 0 Å². The van der Waals surface area contributed by atoms with Crippen LogP contribution in [0.25, 0.3) is 0 Å². The van der Waals surface area contributed by atoms with E-state index < -0.39 is 5.41 Å². The fraction of sp³-hybridized carbons (Fsp3) is 0.296. The number of quaternary nitrogens is 1. The maximum Gasteiger partial charge on any atom is 0.233 e. The average molecular weight is 415 g/mol. The lowest BCUT2D eigenvalue weighted by molar-refractivity contribution is -0.899. The average Bonchev–Trinajstić information content (AvgIpc) is 3.18. The Labute approximate surface area is 184 Å². The molecule has 2 unspecified atom stereocenters. The molecule has 1 aliphatic heterocycles. The van der Waals surface area contributed by atoms with E-state index in [1.54, 1.807) is 12.1 Å². The summed E-state index contributed by atoms with van der Waals surface area (Å²) in [5.41, 5.74) is 8.48. The molecule has 1 amide bonds. The molecule has 0 saturated carbocycles. The number of primary amides is 1. The Morgan fingerprint density at radius 3 is 2.03 bits per heavy atom. The summed E-state index contributed by atoms with van der Waals surface area (Å²) in [6, 6.07) is 27.1.